The molecule has 0 N–H and O–H groups in total. The summed E-state index contributed by atoms with van der Waals surface area (Å²) in [7, 11) is 0. The number of fused-ring (bicyclic) bond motifs is 1. The highest BCUT2D eigenvalue weighted by atomic mass is 35.5. The Balaban J connectivity index is 2.35. The van der Waals surface area contributed by atoms with Crippen LogP contribution in [0.3, 0.4) is 0 Å². The van der Waals surface area contributed by atoms with E-state index < -0.39 is 12.8 Å². The van der Waals surface area contributed by atoms with E-state index in [1.165, 1.54) is 12.1 Å². The predicted octanol–water partition coefficient (Wildman–Crippen LogP) is 4.95. The lowest BCUT2D eigenvalue weighted by Gasteiger charge is -2.11. The molecule has 0 aliphatic rings. The quantitative estimate of drug-likeness (QED) is 0.800. The molecule has 2 rings (SSSR count). The zero-order valence-corrected chi connectivity index (χ0v) is 11.7. The van der Waals surface area contributed by atoms with Crippen molar-refractivity contribution in [2.45, 2.75) is 25.9 Å². The standard InChI is InChI=1S/C14H13ClF3NO/c1-8(2)13-6-11(15)10-5-9(3-4-12(10)19-13)20-7-14(16,17)18/h3-6,8H,7H2,1-2H3. The van der Waals surface area contributed by atoms with E-state index in [0.29, 0.717) is 15.9 Å². The molecule has 6 heteroatoms. The van der Waals surface area contributed by atoms with Gasteiger partial charge in [-0.1, -0.05) is 25.4 Å². The second kappa shape index (κ2) is 5.48. The third-order valence-electron chi connectivity index (χ3n) is 2.74. The Morgan fingerprint density at radius 3 is 2.55 bits per heavy atom. The SMILES string of the molecule is CC(C)c1cc(Cl)c2cc(OCC(F)(F)F)ccc2n1. The first-order valence-electron chi connectivity index (χ1n) is 6.06. The summed E-state index contributed by atoms with van der Waals surface area (Å²) in [5, 5.41) is 1.03. The van der Waals surface area contributed by atoms with Crippen molar-refractivity contribution >= 4 is 22.5 Å². The molecule has 1 heterocycles. The number of rotatable bonds is 3. The van der Waals surface area contributed by atoms with Crippen LogP contribution >= 0.6 is 11.6 Å². The summed E-state index contributed by atoms with van der Waals surface area (Å²) in [5.41, 5.74) is 1.48. The van der Waals surface area contributed by atoms with Gasteiger partial charge in [0.1, 0.15) is 5.75 Å². The topological polar surface area (TPSA) is 22.1 Å². The van der Waals surface area contributed by atoms with Crippen molar-refractivity contribution in [1.29, 1.82) is 0 Å². The number of hydrogen-bond acceptors (Lipinski definition) is 2. The van der Waals surface area contributed by atoms with Gasteiger partial charge in [0, 0.05) is 11.1 Å². The average molecular weight is 304 g/mol. The first kappa shape index (κ1) is 14.9. The first-order valence-corrected chi connectivity index (χ1v) is 6.44. The highest BCUT2D eigenvalue weighted by molar-refractivity contribution is 6.35. The summed E-state index contributed by atoms with van der Waals surface area (Å²) in [5.74, 6) is 0.342. The molecule has 0 amide bonds. The summed E-state index contributed by atoms with van der Waals surface area (Å²) in [6, 6.07) is 6.27. The maximum Gasteiger partial charge on any atom is 0.422 e. The Bertz CT molecular complexity index is 626. The fourth-order valence-corrected chi connectivity index (χ4v) is 2.00. The summed E-state index contributed by atoms with van der Waals surface area (Å²) >= 11 is 6.15. The molecule has 0 saturated carbocycles. The van der Waals surface area contributed by atoms with Crippen LogP contribution in [0.4, 0.5) is 13.2 Å². The Morgan fingerprint density at radius 2 is 1.95 bits per heavy atom. The van der Waals surface area contributed by atoms with Gasteiger partial charge in [0.2, 0.25) is 0 Å². The third kappa shape index (κ3) is 3.54. The first-order chi connectivity index (χ1) is 9.26. The number of halogens is 4. The van der Waals surface area contributed by atoms with Crippen LogP contribution in [0.1, 0.15) is 25.5 Å². The molecule has 0 saturated heterocycles. The van der Waals surface area contributed by atoms with Crippen LogP contribution in [0.15, 0.2) is 24.3 Å². The van der Waals surface area contributed by atoms with Crippen molar-refractivity contribution in [3.8, 4) is 5.75 Å². The van der Waals surface area contributed by atoms with E-state index in [9.17, 15) is 13.2 Å². The Kier molecular flexibility index (Phi) is 4.09. The van der Waals surface area contributed by atoms with Gasteiger partial charge in [-0.15, -0.1) is 0 Å². The highest BCUT2D eigenvalue weighted by Gasteiger charge is 2.28. The number of nitrogens with zero attached hydrogens (tertiary/aromatic N) is 1. The lowest BCUT2D eigenvalue weighted by molar-refractivity contribution is -0.153. The second-order valence-electron chi connectivity index (χ2n) is 4.77. The summed E-state index contributed by atoms with van der Waals surface area (Å²) in [6.45, 7) is 2.66. The van der Waals surface area contributed by atoms with Crippen molar-refractivity contribution in [1.82, 2.24) is 4.98 Å². The molecule has 0 atom stereocenters. The van der Waals surface area contributed by atoms with Gasteiger partial charge in [0.25, 0.3) is 0 Å². The maximum atomic E-state index is 12.1. The van der Waals surface area contributed by atoms with Crippen LogP contribution in [0.2, 0.25) is 5.02 Å². The van der Waals surface area contributed by atoms with Gasteiger partial charge in [-0.05, 0) is 30.2 Å². The van der Waals surface area contributed by atoms with Gasteiger partial charge in [0.15, 0.2) is 6.61 Å². The number of pyridine rings is 1. The summed E-state index contributed by atoms with van der Waals surface area (Å²) in [6.07, 6.45) is -4.36. The Hall–Kier alpha value is -1.49. The average Bonchev–Trinajstić information content (AvgIpc) is 2.35. The summed E-state index contributed by atoms with van der Waals surface area (Å²) < 4.78 is 41.0. The van der Waals surface area contributed by atoms with Crippen molar-refractivity contribution < 1.29 is 17.9 Å². The molecule has 0 radical (unpaired) electrons. The van der Waals surface area contributed by atoms with Gasteiger partial charge in [-0.25, -0.2) is 0 Å². The molecule has 2 nitrogen and oxygen atoms in total. The van der Waals surface area contributed by atoms with Crippen LogP contribution < -0.4 is 4.74 Å². The van der Waals surface area contributed by atoms with Gasteiger partial charge in [-0.2, -0.15) is 13.2 Å². The van der Waals surface area contributed by atoms with Crippen molar-refractivity contribution in [3.63, 3.8) is 0 Å². The van der Waals surface area contributed by atoms with E-state index in [1.54, 1.807) is 12.1 Å². The minimum absolute atomic E-state index is 0.121. The normalized spacial score (nSPS) is 12.2. The Labute approximate surface area is 119 Å². The molecule has 1 aromatic carbocycles. The predicted molar refractivity (Wildman–Crippen MR) is 72.4 cm³/mol. The number of hydrogen-bond donors (Lipinski definition) is 0. The van der Waals surface area contributed by atoms with Gasteiger partial charge in [0.05, 0.1) is 10.5 Å². The lowest BCUT2D eigenvalue weighted by Crippen LogP contribution is -2.19. The lowest BCUT2D eigenvalue weighted by atomic mass is 10.1. The number of ether oxygens (including phenoxy) is 1. The molecule has 1 aromatic heterocycles. The zero-order chi connectivity index (χ0) is 14.9. The van der Waals surface area contributed by atoms with E-state index in [1.807, 2.05) is 13.8 Å². The van der Waals surface area contributed by atoms with E-state index in [2.05, 4.69) is 4.98 Å². The third-order valence-corrected chi connectivity index (χ3v) is 3.06. The minimum Gasteiger partial charge on any atom is -0.484 e. The molecular formula is C14H13ClF3NO. The summed E-state index contributed by atoms with van der Waals surface area (Å²) in [4.78, 5) is 4.42. The molecule has 2 aromatic rings. The maximum absolute atomic E-state index is 12.1. The Morgan fingerprint density at radius 1 is 1.25 bits per heavy atom. The number of aromatic nitrogens is 1. The molecule has 0 aliphatic carbocycles. The monoisotopic (exact) mass is 303 g/mol. The van der Waals surface area contributed by atoms with E-state index in [0.717, 1.165) is 5.69 Å². The fourth-order valence-electron chi connectivity index (χ4n) is 1.73. The molecular weight excluding hydrogens is 291 g/mol. The van der Waals surface area contributed by atoms with E-state index >= 15 is 0 Å². The van der Waals surface area contributed by atoms with Crippen LogP contribution in [0.5, 0.6) is 5.75 Å². The van der Waals surface area contributed by atoms with Gasteiger partial charge < -0.3 is 4.74 Å². The van der Waals surface area contributed by atoms with Crippen molar-refractivity contribution in [3.05, 3.63) is 35.0 Å². The van der Waals surface area contributed by atoms with Crippen LogP contribution in [-0.4, -0.2) is 17.8 Å². The smallest absolute Gasteiger partial charge is 0.422 e. The van der Waals surface area contributed by atoms with Crippen molar-refractivity contribution in [2.75, 3.05) is 6.61 Å². The van der Waals surface area contributed by atoms with Crippen LogP contribution in [0, 0.1) is 0 Å². The molecule has 0 unspecified atom stereocenters. The largest absolute Gasteiger partial charge is 0.484 e. The van der Waals surface area contributed by atoms with Gasteiger partial charge >= 0.3 is 6.18 Å². The molecule has 0 aliphatic heterocycles. The molecule has 108 valence electrons. The van der Waals surface area contributed by atoms with Crippen LogP contribution in [0.25, 0.3) is 10.9 Å². The van der Waals surface area contributed by atoms with E-state index in [4.69, 9.17) is 16.3 Å². The van der Waals surface area contributed by atoms with E-state index in [-0.39, 0.29) is 11.7 Å². The number of alkyl halides is 3. The van der Waals surface area contributed by atoms with Crippen LogP contribution in [-0.2, 0) is 0 Å². The number of benzene rings is 1. The van der Waals surface area contributed by atoms with Gasteiger partial charge in [-0.3, -0.25) is 4.98 Å². The van der Waals surface area contributed by atoms with Crippen molar-refractivity contribution in [2.24, 2.45) is 0 Å². The zero-order valence-electron chi connectivity index (χ0n) is 11.0. The molecule has 0 spiro atoms. The highest BCUT2D eigenvalue weighted by Crippen LogP contribution is 2.29. The minimum atomic E-state index is -4.36. The molecule has 0 fully saturated rings. The fraction of sp³-hybridized carbons (Fsp3) is 0.357. The molecule has 0 bridgehead atoms. The second-order valence-corrected chi connectivity index (χ2v) is 5.17. The molecule has 20 heavy (non-hydrogen) atoms.